The van der Waals surface area contributed by atoms with E-state index < -0.39 is 0 Å². The number of nitrogens with one attached hydrogen (secondary N) is 1. The summed E-state index contributed by atoms with van der Waals surface area (Å²) in [5, 5.41) is 7.70. The normalized spacial score (nSPS) is 11.1. The number of halogens is 1. The molecule has 1 heterocycles. The Kier molecular flexibility index (Phi) is 5.39. The summed E-state index contributed by atoms with van der Waals surface area (Å²) in [5.74, 6) is -0.135. The third-order valence-corrected chi connectivity index (χ3v) is 3.71. The molecule has 1 aromatic heterocycles. The molecule has 116 valence electrons. The number of amides is 1. The lowest BCUT2D eigenvalue weighted by molar-refractivity contribution is -0.116. The quantitative estimate of drug-likeness (QED) is 0.860. The van der Waals surface area contributed by atoms with Gasteiger partial charge in [0.2, 0.25) is 5.91 Å². The number of nitrogens with zero attached hydrogens (tertiary/aromatic N) is 2. The first-order valence-corrected chi connectivity index (χ1v) is 7.63. The maximum absolute atomic E-state index is 11.5. The fourth-order valence-corrected chi connectivity index (χ4v) is 2.42. The summed E-state index contributed by atoms with van der Waals surface area (Å²) in [5.41, 5.74) is 3.93. The van der Waals surface area contributed by atoms with Crippen LogP contribution in [-0.4, -0.2) is 22.2 Å². The van der Waals surface area contributed by atoms with Gasteiger partial charge < -0.3 is 5.32 Å². The Labute approximate surface area is 135 Å². The van der Waals surface area contributed by atoms with E-state index in [1.54, 1.807) is 10.8 Å². The largest absolute Gasteiger partial charge is 0.353 e. The monoisotopic (exact) mass is 317 g/mol. The zero-order valence-electron chi connectivity index (χ0n) is 13.1. The molecule has 0 saturated heterocycles. The van der Waals surface area contributed by atoms with Gasteiger partial charge in [-0.1, -0.05) is 41.4 Å². The van der Waals surface area contributed by atoms with Crippen molar-refractivity contribution in [2.45, 2.75) is 27.3 Å². The van der Waals surface area contributed by atoms with Crippen LogP contribution < -0.4 is 5.32 Å². The van der Waals surface area contributed by atoms with Crippen molar-refractivity contribution >= 4 is 23.6 Å². The Balaban J connectivity index is 2.19. The molecule has 0 unspecified atom stereocenters. The minimum atomic E-state index is -0.135. The highest BCUT2D eigenvalue weighted by Gasteiger charge is 2.11. The van der Waals surface area contributed by atoms with Crippen LogP contribution in [0, 0.1) is 13.8 Å². The molecule has 0 aliphatic carbocycles. The van der Waals surface area contributed by atoms with Crippen LogP contribution in [-0.2, 0) is 11.3 Å². The van der Waals surface area contributed by atoms with Gasteiger partial charge in [0.15, 0.2) is 0 Å². The summed E-state index contributed by atoms with van der Waals surface area (Å²) in [4.78, 5) is 11.5. The number of aryl methyl sites for hydroxylation is 2. The van der Waals surface area contributed by atoms with Crippen LogP contribution in [0.25, 0.3) is 6.08 Å². The Morgan fingerprint density at radius 1 is 1.32 bits per heavy atom. The third kappa shape index (κ3) is 3.98. The van der Waals surface area contributed by atoms with Gasteiger partial charge in [-0.2, -0.15) is 5.10 Å². The van der Waals surface area contributed by atoms with Gasteiger partial charge in [-0.3, -0.25) is 4.79 Å². The number of aromatic nitrogens is 2. The maximum atomic E-state index is 11.5. The number of hydrogen-bond donors (Lipinski definition) is 1. The van der Waals surface area contributed by atoms with E-state index in [1.807, 2.05) is 13.8 Å². The lowest BCUT2D eigenvalue weighted by Gasteiger charge is -2.04. The first-order chi connectivity index (χ1) is 10.5. The van der Waals surface area contributed by atoms with Gasteiger partial charge in [0.25, 0.3) is 0 Å². The number of carbonyl (C=O) groups is 1. The second-order valence-corrected chi connectivity index (χ2v) is 5.52. The van der Waals surface area contributed by atoms with Crippen molar-refractivity contribution in [2.75, 3.05) is 6.54 Å². The standard InChI is InChI=1S/C17H20ClN3O/c1-4-19-16(22)10-9-15-13(3)20-21(17(15)18)11-14-7-5-12(2)6-8-14/h5-10H,4,11H2,1-3H3,(H,19,22). The lowest BCUT2D eigenvalue weighted by Crippen LogP contribution is -2.19. The molecule has 1 aromatic carbocycles. The van der Waals surface area contributed by atoms with Crippen LogP contribution in [0.5, 0.6) is 0 Å². The molecule has 4 nitrogen and oxygen atoms in total. The Bertz CT molecular complexity index is 687. The van der Waals surface area contributed by atoms with Crippen molar-refractivity contribution in [3.05, 3.63) is 57.9 Å². The van der Waals surface area contributed by atoms with Crippen molar-refractivity contribution < 1.29 is 4.79 Å². The number of carbonyl (C=O) groups excluding carboxylic acids is 1. The topological polar surface area (TPSA) is 46.9 Å². The van der Waals surface area contributed by atoms with Crippen molar-refractivity contribution in [2.24, 2.45) is 0 Å². The summed E-state index contributed by atoms with van der Waals surface area (Å²) < 4.78 is 1.75. The van der Waals surface area contributed by atoms with Crippen molar-refractivity contribution in [3.63, 3.8) is 0 Å². The minimum Gasteiger partial charge on any atom is -0.353 e. The predicted octanol–water partition coefficient (Wildman–Crippen LogP) is 3.35. The molecule has 2 aromatic rings. The Morgan fingerprint density at radius 3 is 2.64 bits per heavy atom. The van der Waals surface area contributed by atoms with Gasteiger partial charge in [-0.25, -0.2) is 4.68 Å². The molecular weight excluding hydrogens is 298 g/mol. The van der Waals surface area contributed by atoms with E-state index in [0.29, 0.717) is 18.2 Å². The molecule has 22 heavy (non-hydrogen) atoms. The van der Waals surface area contributed by atoms with E-state index >= 15 is 0 Å². The minimum absolute atomic E-state index is 0.135. The van der Waals surface area contributed by atoms with E-state index in [-0.39, 0.29) is 5.91 Å². The number of rotatable bonds is 5. The average Bonchev–Trinajstić information content (AvgIpc) is 2.74. The molecule has 1 N–H and O–H groups in total. The Hall–Kier alpha value is -2.07. The van der Waals surface area contributed by atoms with E-state index in [4.69, 9.17) is 11.6 Å². The highest BCUT2D eigenvalue weighted by atomic mass is 35.5. The molecule has 0 saturated carbocycles. The van der Waals surface area contributed by atoms with Crippen LogP contribution in [0.3, 0.4) is 0 Å². The van der Waals surface area contributed by atoms with Gasteiger partial charge in [0.1, 0.15) is 5.15 Å². The summed E-state index contributed by atoms with van der Waals surface area (Å²) >= 11 is 6.39. The Morgan fingerprint density at radius 2 is 2.00 bits per heavy atom. The average molecular weight is 318 g/mol. The first-order valence-electron chi connectivity index (χ1n) is 7.25. The van der Waals surface area contributed by atoms with Gasteiger partial charge in [-0.15, -0.1) is 0 Å². The van der Waals surface area contributed by atoms with Crippen LogP contribution >= 0.6 is 11.6 Å². The van der Waals surface area contributed by atoms with E-state index in [9.17, 15) is 4.79 Å². The zero-order valence-corrected chi connectivity index (χ0v) is 13.8. The van der Waals surface area contributed by atoms with Gasteiger partial charge in [0.05, 0.1) is 12.2 Å². The number of benzene rings is 1. The summed E-state index contributed by atoms with van der Waals surface area (Å²) in [7, 11) is 0. The smallest absolute Gasteiger partial charge is 0.243 e. The molecule has 0 spiro atoms. The number of likely N-dealkylation sites (N-methyl/N-ethyl adjacent to an activating group) is 1. The SMILES string of the molecule is CCNC(=O)C=Cc1c(C)nn(Cc2ccc(C)cc2)c1Cl. The first kappa shape index (κ1) is 16.3. The van der Waals surface area contributed by atoms with Crippen LogP contribution in [0.1, 0.15) is 29.3 Å². The molecule has 0 atom stereocenters. The van der Waals surface area contributed by atoms with Crippen LogP contribution in [0.4, 0.5) is 0 Å². The van der Waals surface area contributed by atoms with Gasteiger partial charge >= 0.3 is 0 Å². The van der Waals surface area contributed by atoms with Gasteiger partial charge in [0, 0.05) is 18.2 Å². The molecule has 0 fully saturated rings. The van der Waals surface area contributed by atoms with Crippen LogP contribution in [0.2, 0.25) is 5.15 Å². The molecule has 1 amide bonds. The predicted molar refractivity (Wildman–Crippen MR) is 90.0 cm³/mol. The van der Waals surface area contributed by atoms with E-state index in [1.165, 1.54) is 11.6 Å². The molecule has 5 heteroatoms. The van der Waals surface area contributed by atoms with Crippen molar-refractivity contribution in [1.82, 2.24) is 15.1 Å². The zero-order chi connectivity index (χ0) is 16.1. The second-order valence-electron chi connectivity index (χ2n) is 5.16. The van der Waals surface area contributed by atoms with Crippen LogP contribution in [0.15, 0.2) is 30.3 Å². The fraction of sp³-hybridized carbons (Fsp3) is 0.294. The summed E-state index contributed by atoms with van der Waals surface area (Å²) in [6.07, 6.45) is 3.19. The summed E-state index contributed by atoms with van der Waals surface area (Å²) in [6, 6.07) is 8.25. The van der Waals surface area contributed by atoms with E-state index in [2.05, 4.69) is 41.6 Å². The molecule has 0 aliphatic rings. The molecular formula is C17H20ClN3O. The highest BCUT2D eigenvalue weighted by Crippen LogP contribution is 2.22. The maximum Gasteiger partial charge on any atom is 0.243 e. The molecule has 0 bridgehead atoms. The fourth-order valence-electron chi connectivity index (χ4n) is 2.12. The van der Waals surface area contributed by atoms with Crippen molar-refractivity contribution in [1.29, 1.82) is 0 Å². The number of hydrogen-bond acceptors (Lipinski definition) is 2. The second kappa shape index (κ2) is 7.27. The molecule has 0 radical (unpaired) electrons. The molecule has 0 aliphatic heterocycles. The lowest BCUT2D eigenvalue weighted by atomic mass is 10.1. The highest BCUT2D eigenvalue weighted by molar-refractivity contribution is 6.31. The van der Waals surface area contributed by atoms with Crippen molar-refractivity contribution in [3.8, 4) is 0 Å². The molecule has 2 rings (SSSR count). The summed E-state index contributed by atoms with van der Waals surface area (Å²) in [6.45, 7) is 7.02. The van der Waals surface area contributed by atoms with E-state index in [0.717, 1.165) is 16.8 Å². The third-order valence-electron chi connectivity index (χ3n) is 3.31. The van der Waals surface area contributed by atoms with Gasteiger partial charge in [-0.05, 0) is 32.4 Å².